The van der Waals surface area contributed by atoms with Gasteiger partial charge in [-0.25, -0.2) is 0 Å². The van der Waals surface area contributed by atoms with Gasteiger partial charge in [-0.1, -0.05) is 19.0 Å². The molecule has 3 rings (SSSR count). The number of nitrogens with zero attached hydrogens (tertiary/aromatic N) is 2. The predicted octanol–water partition coefficient (Wildman–Crippen LogP) is 3.83. The van der Waals surface area contributed by atoms with E-state index in [2.05, 4.69) is 23.9 Å². The van der Waals surface area contributed by atoms with Crippen LogP contribution in [0.4, 0.5) is 0 Å². The minimum atomic E-state index is -0.179. The highest BCUT2D eigenvalue weighted by Crippen LogP contribution is 2.48. The lowest BCUT2D eigenvalue weighted by atomic mass is 9.68. The van der Waals surface area contributed by atoms with E-state index in [0.717, 1.165) is 71.0 Å². The van der Waals surface area contributed by atoms with Gasteiger partial charge in [0.15, 0.2) is 0 Å². The van der Waals surface area contributed by atoms with Gasteiger partial charge in [0.2, 0.25) is 0 Å². The van der Waals surface area contributed by atoms with Gasteiger partial charge in [0.25, 0.3) is 0 Å². The lowest BCUT2D eigenvalue weighted by Crippen LogP contribution is -2.32. The molecule has 0 aromatic carbocycles. The van der Waals surface area contributed by atoms with Crippen molar-refractivity contribution < 1.29 is 14.1 Å². The van der Waals surface area contributed by atoms with E-state index in [4.69, 9.17) is 9.26 Å². The molecule has 1 spiro atoms. The van der Waals surface area contributed by atoms with Crippen molar-refractivity contribution in [3.63, 3.8) is 0 Å². The molecule has 1 aromatic heterocycles. The van der Waals surface area contributed by atoms with Crippen LogP contribution in [0.25, 0.3) is 0 Å². The van der Waals surface area contributed by atoms with E-state index in [1.165, 1.54) is 5.56 Å². The lowest BCUT2D eigenvalue weighted by molar-refractivity contribution is -0.150. The highest BCUT2D eigenvalue weighted by molar-refractivity contribution is 5.79. The SMILES string of the molecule is CCN(CC)CC[C@H]1CC2(CCC(CCc3cnoc3)CC2)C(=O)O1. The molecule has 0 unspecified atom stereocenters. The summed E-state index contributed by atoms with van der Waals surface area (Å²) in [5.74, 6) is 0.789. The van der Waals surface area contributed by atoms with Crippen LogP contribution in [-0.2, 0) is 16.0 Å². The van der Waals surface area contributed by atoms with Crippen molar-refractivity contribution in [1.29, 1.82) is 0 Å². The van der Waals surface area contributed by atoms with Crippen LogP contribution in [0.2, 0.25) is 0 Å². The van der Waals surface area contributed by atoms with E-state index in [9.17, 15) is 4.79 Å². The topological polar surface area (TPSA) is 55.6 Å². The summed E-state index contributed by atoms with van der Waals surface area (Å²) in [5.41, 5.74) is 0.999. The monoisotopic (exact) mass is 348 g/mol. The Bertz CT molecular complexity index is 531. The van der Waals surface area contributed by atoms with Gasteiger partial charge in [0, 0.05) is 18.5 Å². The number of hydrogen-bond acceptors (Lipinski definition) is 5. The molecule has 0 amide bonds. The van der Waals surface area contributed by atoms with Crippen molar-refractivity contribution in [3.8, 4) is 0 Å². The Balaban J connectivity index is 1.44. The van der Waals surface area contributed by atoms with Gasteiger partial charge in [0.05, 0.1) is 11.6 Å². The summed E-state index contributed by atoms with van der Waals surface area (Å²) in [6.45, 7) is 7.54. The summed E-state index contributed by atoms with van der Waals surface area (Å²) in [6, 6.07) is 0. The first kappa shape index (κ1) is 18.4. The van der Waals surface area contributed by atoms with E-state index >= 15 is 0 Å². The predicted molar refractivity (Wildman–Crippen MR) is 96.1 cm³/mol. The standard InChI is InChI=1S/C20H32N2O3/c1-3-22(4-2)12-9-18-13-20(19(23)25-18)10-7-16(8-11-20)5-6-17-14-21-24-15-17/h14-16,18H,3-13H2,1-2H3/t16?,18-,20?/m0/s1. The Kier molecular flexibility index (Phi) is 6.15. The summed E-state index contributed by atoms with van der Waals surface area (Å²) < 4.78 is 10.7. The van der Waals surface area contributed by atoms with Gasteiger partial charge in [-0.2, -0.15) is 0 Å². The van der Waals surface area contributed by atoms with Crippen molar-refractivity contribution in [1.82, 2.24) is 10.1 Å². The molecule has 140 valence electrons. The smallest absolute Gasteiger partial charge is 0.312 e. The lowest BCUT2D eigenvalue weighted by Gasteiger charge is -2.34. The third-order valence-corrected chi connectivity index (χ3v) is 6.37. The minimum Gasteiger partial charge on any atom is -0.462 e. The van der Waals surface area contributed by atoms with Crippen LogP contribution in [0, 0.1) is 11.3 Å². The zero-order valence-corrected chi connectivity index (χ0v) is 15.7. The van der Waals surface area contributed by atoms with Crippen molar-refractivity contribution in [2.24, 2.45) is 11.3 Å². The van der Waals surface area contributed by atoms with Crippen LogP contribution >= 0.6 is 0 Å². The number of aryl methyl sites for hydroxylation is 1. The first-order valence-electron chi connectivity index (χ1n) is 9.97. The quantitative estimate of drug-likeness (QED) is 0.668. The molecule has 1 saturated carbocycles. The number of esters is 1. The van der Waals surface area contributed by atoms with E-state index in [-0.39, 0.29) is 17.5 Å². The van der Waals surface area contributed by atoms with E-state index < -0.39 is 0 Å². The molecule has 5 nitrogen and oxygen atoms in total. The summed E-state index contributed by atoms with van der Waals surface area (Å²) in [6.07, 6.45) is 12.1. The fourth-order valence-electron chi connectivity index (χ4n) is 4.51. The van der Waals surface area contributed by atoms with Crippen molar-refractivity contribution in [2.45, 2.75) is 71.3 Å². The van der Waals surface area contributed by atoms with Gasteiger partial charge in [-0.15, -0.1) is 0 Å². The average Bonchev–Trinajstić information content (AvgIpc) is 3.24. The van der Waals surface area contributed by atoms with Gasteiger partial charge in [-0.3, -0.25) is 4.79 Å². The highest BCUT2D eigenvalue weighted by atomic mass is 16.6. The maximum Gasteiger partial charge on any atom is 0.312 e. The zero-order valence-electron chi connectivity index (χ0n) is 15.7. The molecule has 1 saturated heterocycles. The van der Waals surface area contributed by atoms with Gasteiger partial charge in [-0.05, 0) is 64.0 Å². The molecule has 2 aliphatic rings. The van der Waals surface area contributed by atoms with Crippen molar-refractivity contribution >= 4 is 5.97 Å². The third-order valence-electron chi connectivity index (χ3n) is 6.37. The molecule has 1 aliphatic heterocycles. The first-order chi connectivity index (χ1) is 12.1. The van der Waals surface area contributed by atoms with Crippen LogP contribution in [0.1, 0.15) is 64.4 Å². The third kappa shape index (κ3) is 4.43. The minimum absolute atomic E-state index is 0.0783. The summed E-state index contributed by atoms with van der Waals surface area (Å²) >= 11 is 0. The number of aromatic nitrogens is 1. The number of cyclic esters (lactones) is 1. The molecule has 0 bridgehead atoms. The molecule has 2 heterocycles. The number of carbonyl (C=O) groups is 1. The number of carbonyl (C=O) groups excluding carboxylic acids is 1. The molecule has 2 fully saturated rings. The molecule has 1 aromatic rings. The number of ether oxygens (including phenoxy) is 1. The summed E-state index contributed by atoms with van der Waals surface area (Å²) in [7, 11) is 0. The Hall–Kier alpha value is -1.36. The van der Waals surface area contributed by atoms with Crippen LogP contribution in [0.15, 0.2) is 17.0 Å². The Labute approximate surface area is 151 Å². The molecule has 1 aliphatic carbocycles. The fourth-order valence-corrected chi connectivity index (χ4v) is 4.51. The molecular weight excluding hydrogens is 316 g/mol. The average molecular weight is 348 g/mol. The van der Waals surface area contributed by atoms with Gasteiger partial charge >= 0.3 is 5.97 Å². The van der Waals surface area contributed by atoms with Crippen LogP contribution in [0.5, 0.6) is 0 Å². The van der Waals surface area contributed by atoms with Crippen LogP contribution in [-0.4, -0.2) is 41.8 Å². The second-order valence-corrected chi connectivity index (χ2v) is 7.84. The summed E-state index contributed by atoms with van der Waals surface area (Å²) in [4.78, 5) is 14.9. The molecule has 5 heteroatoms. The first-order valence-corrected chi connectivity index (χ1v) is 9.97. The molecule has 0 N–H and O–H groups in total. The largest absolute Gasteiger partial charge is 0.462 e. The van der Waals surface area contributed by atoms with Crippen molar-refractivity contribution in [3.05, 3.63) is 18.0 Å². The Morgan fingerprint density at radius 1 is 1.24 bits per heavy atom. The maximum atomic E-state index is 12.5. The molecule has 25 heavy (non-hydrogen) atoms. The van der Waals surface area contributed by atoms with Gasteiger partial charge < -0.3 is 14.2 Å². The highest BCUT2D eigenvalue weighted by Gasteiger charge is 2.50. The van der Waals surface area contributed by atoms with Crippen molar-refractivity contribution in [2.75, 3.05) is 19.6 Å². The second-order valence-electron chi connectivity index (χ2n) is 7.84. The number of rotatable bonds is 8. The maximum absolute atomic E-state index is 12.5. The normalized spacial score (nSPS) is 29.5. The van der Waals surface area contributed by atoms with Crippen LogP contribution < -0.4 is 0 Å². The number of hydrogen-bond donors (Lipinski definition) is 0. The Morgan fingerprint density at radius 3 is 2.64 bits per heavy atom. The van der Waals surface area contributed by atoms with E-state index in [1.807, 2.05) is 0 Å². The molecule has 1 atom stereocenters. The molecular formula is C20H32N2O3. The van der Waals surface area contributed by atoms with E-state index in [0.29, 0.717) is 5.92 Å². The fraction of sp³-hybridized carbons (Fsp3) is 0.800. The zero-order chi connectivity index (χ0) is 17.7. The van der Waals surface area contributed by atoms with Crippen LogP contribution in [0.3, 0.4) is 0 Å². The van der Waals surface area contributed by atoms with E-state index in [1.54, 1.807) is 12.5 Å². The van der Waals surface area contributed by atoms with Gasteiger partial charge in [0.1, 0.15) is 12.4 Å². The summed E-state index contributed by atoms with van der Waals surface area (Å²) in [5, 5.41) is 3.76. The Morgan fingerprint density at radius 2 is 2.00 bits per heavy atom. The second kappa shape index (κ2) is 8.35. The molecule has 0 radical (unpaired) electrons.